The molecule has 0 unspecified atom stereocenters. The molecule has 0 aliphatic rings. The van der Waals surface area contributed by atoms with Gasteiger partial charge in [-0.3, -0.25) is 4.79 Å². The molecule has 0 aliphatic carbocycles. The number of rotatable bonds is 6. The molecule has 2 aromatic carbocycles. The standard InChI is InChI=1S/C17H14FN3O2/c18-15-3-1-2-14(8-15)9-21-10-16(19-20-21)12-23-17-6-4-13(11-22)5-7-17/h1-8,10-11H,9,12H2. The van der Waals surface area contributed by atoms with Crippen LogP contribution in [-0.2, 0) is 13.2 Å². The fourth-order valence-corrected chi connectivity index (χ4v) is 2.10. The first-order chi connectivity index (χ1) is 11.2. The molecule has 0 bridgehead atoms. The summed E-state index contributed by atoms with van der Waals surface area (Å²) in [6.07, 6.45) is 2.53. The maximum Gasteiger partial charge on any atom is 0.150 e. The third kappa shape index (κ3) is 4.00. The fraction of sp³-hybridized carbons (Fsp3) is 0.118. The summed E-state index contributed by atoms with van der Waals surface area (Å²) in [6, 6.07) is 13.2. The first-order valence-corrected chi connectivity index (χ1v) is 7.04. The Balaban J connectivity index is 1.59. The Labute approximate surface area is 132 Å². The van der Waals surface area contributed by atoms with Crippen molar-refractivity contribution >= 4 is 6.29 Å². The molecule has 0 radical (unpaired) electrons. The van der Waals surface area contributed by atoms with Crippen molar-refractivity contribution in [3.63, 3.8) is 0 Å². The van der Waals surface area contributed by atoms with Crippen molar-refractivity contribution in [3.8, 4) is 5.75 Å². The van der Waals surface area contributed by atoms with E-state index in [1.807, 2.05) is 6.07 Å². The molecular weight excluding hydrogens is 297 g/mol. The van der Waals surface area contributed by atoms with Crippen LogP contribution in [0.5, 0.6) is 5.75 Å². The molecule has 3 rings (SSSR count). The maximum absolute atomic E-state index is 13.2. The number of carbonyl (C=O) groups is 1. The zero-order valence-corrected chi connectivity index (χ0v) is 12.2. The Morgan fingerprint density at radius 1 is 1.17 bits per heavy atom. The average Bonchev–Trinajstić information content (AvgIpc) is 3.01. The van der Waals surface area contributed by atoms with Crippen LogP contribution in [0.2, 0.25) is 0 Å². The predicted molar refractivity (Wildman–Crippen MR) is 81.7 cm³/mol. The van der Waals surface area contributed by atoms with E-state index in [1.165, 1.54) is 12.1 Å². The van der Waals surface area contributed by atoms with E-state index in [0.717, 1.165) is 11.8 Å². The summed E-state index contributed by atoms with van der Waals surface area (Å²) in [5.41, 5.74) is 2.08. The SMILES string of the molecule is O=Cc1ccc(OCc2cn(Cc3cccc(F)c3)nn2)cc1. The number of nitrogens with zero attached hydrogens (tertiary/aromatic N) is 3. The lowest BCUT2D eigenvalue weighted by molar-refractivity contribution is 0.112. The van der Waals surface area contributed by atoms with Crippen LogP contribution in [0.4, 0.5) is 4.39 Å². The summed E-state index contributed by atoms with van der Waals surface area (Å²) in [5, 5.41) is 8.02. The van der Waals surface area contributed by atoms with Crippen LogP contribution in [0.15, 0.2) is 54.7 Å². The van der Waals surface area contributed by atoms with Gasteiger partial charge < -0.3 is 4.74 Å². The minimum atomic E-state index is -0.273. The van der Waals surface area contributed by atoms with Crippen molar-refractivity contribution in [1.29, 1.82) is 0 Å². The molecule has 3 aromatic rings. The van der Waals surface area contributed by atoms with Crippen LogP contribution in [0, 0.1) is 5.82 Å². The van der Waals surface area contributed by atoms with E-state index in [2.05, 4.69) is 10.3 Å². The Hall–Kier alpha value is -3.02. The molecule has 5 nitrogen and oxygen atoms in total. The van der Waals surface area contributed by atoms with Crippen LogP contribution < -0.4 is 4.74 Å². The lowest BCUT2D eigenvalue weighted by atomic mass is 10.2. The van der Waals surface area contributed by atoms with Crippen LogP contribution >= 0.6 is 0 Å². The highest BCUT2D eigenvalue weighted by Gasteiger charge is 2.04. The van der Waals surface area contributed by atoms with Crippen molar-refractivity contribution in [1.82, 2.24) is 15.0 Å². The minimum absolute atomic E-state index is 0.267. The molecule has 0 atom stereocenters. The molecule has 0 saturated heterocycles. The largest absolute Gasteiger partial charge is 0.487 e. The maximum atomic E-state index is 13.2. The van der Waals surface area contributed by atoms with Crippen LogP contribution in [-0.4, -0.2) is 21.3 Å². The number of aldehydes is 1. The summed E-state index contributed by atoms with van der Waals surface area (Å²) in [6.45, 7) is 0.711. The highest BCUT2D eigenvalue weighted by molar-refractivity contribution is 5.74. The lowest BCUT2D eigenvalue weighted by Crippen LogP contribution is -2.00. The van der Waals surface area contributed by atoms with Gasteiger partial charge in [0.2, 0.25) is 0 Å². The molecule has 0 amide bonds. The molecule has 116 valence electrons. The van der Waals surface area contributed by atoms with Gasteiger partial charge >= 0.3 is 0 Å². The Morgan fingerprint density at radius 3 is 2.74 bits per heavy atom. The van der Waals surface area contributed by atoms with Crippen molar-refractivity contribution in [3.05, 3.63) is 77.4 Å². The van der Waals surface area contributed by atoms with Gasteiger partial charge in [-0.1, -0.05) is 17.3 Å². The lowest BCUT2D eigenvalue weighted by Gasteiger charge is -2.03. The van der Waals surface area contributed by atoms with Crippen LogP contribution in [0.25, 0.3) is 0 Å². The predicted octanol–water partition coefficient (Wildman–Crippen LogP) is 2.86. The van der Waals surface area contributed by atoms with Crippen molar-refractivity contribution < 1.29 is 13.9 Å². The summed E-state index contributed by atoms with van der Waals surface area (Å²) in [5.74, 6) is 0.375. The molecule has 6 heteroatoms. The second-order valence-electron chi connectivity index (χ2n) is 5.01. The number of carbonyl (C=O) groups excluding carboxylic acids is 1. The highest BCUT2D eigenvalue weighted by atomic mass is 19.1. The van der Waals surface area contributed by atoms with Gasteiger partial charge in [0, 0.05) is 5.56 Å². The molecule has 0 aliphatic heterocycles. The molecule has 0 fully saturated rings. The second-order valence-corrected chi connectivity index (χ2v) is 5.01. The van der Waals surface area contributed by atoms with Gasteiger partial charge in [0.05, 0.1) is 12.7 Å². The molecule has 1 aromatic heterocycles. The third-order valence-electron chi connectivity index (χ3n) is 3.22. The molecule has 0 saturated carbocycles. The number of hydrogen-bond donors (Lipinski definition) is 0. The monoisotopic (exact) mass is 311 g/mol. The summed E-state index contributed by atoms with van der Waals surface area (Å²) in [4.78, 5) is 10.6. The molecule has 0 spiro atoms. The van der Waals surface area contributed by atoms with Crippen molar-refractivity contribution in [2.24, 2.45) is 0 Å². The highest BCUT2D eigenvalue weighted by Crippen LogP contribution is 2.13. The number of aromatic nitrogens is 3. The number of hydrogen-bond acceptors (Lipinski definition) is 4. The summed E-state index contributed by atoms with van der Waals surface area (Å²) in [7, 11) is 0. The smallest absolute Gasteiger partial charge is 0.150 e. The van der Waals surface area contributed by atoms with E-state index in [1.54, 1.807) is 41.2 Å². The average molecular weight is 311 g/mol. The summed E-state index contributed by atoms with van der Waals surface area (Å²) < 4.78 is 20.4. The van der Waals surface area contributed by atoms with Gasteiger partial charge in [-0.2, -0.15) is 0 Å². The van der Waals surface area contributed by atoms with Gasteiger partial charge in [-0.25, -0.2) is 9.07 Å². The van der Waals surface area contributed by atoms with Crippen molar-refractivity contribution in [2.45, 2.75) is 13.2 Å². The molecule has 23 heavy (non-hydrogen) atoms. The van der Waals surface area contributed by atoms with E-state index >= 15 is 0 Å². The molecule has 0 N–H and O–H groups in total. The van der Waals surface area contributed by atoms with Gasteiger partial charge in [-0.05, 0) is 42.0 Å². The van der Waals surface area contributed by atoms with E-state index in [-0.39, 0.29) is 12.4 Å². The molecule has 1 heterocycles. The summed E-state index contributed by atoms with van der Waals surface area (Å²) >= 11 is 0. The molecular formula is C17H14FN3O2. The number of benzene rings is 2. The minimum Gasteiger partial charge on any atom is -0.487 e. The normalized spacial score (nSPS) is 10.5. The van der Waals surface area contributed by atoms with Crippen molar-refractivity contribution in [2.75, 3.05) is 0 Å². The van der Waals surface area contributed by atoms with Gasteiger partial charge in [0.1, 0.15) is 30.2 Å². The van der Waals surface area contributed by atoms with Gasteiger partial charge in [0.15, 0.2) is 0 Å². The zero-order valence-electron chi connectivity index (χ0n) is 12.2. The Bertz CT molecular complexity index is 800. The van der Waals surface area contributed by atoms with Gasteiger partial charge in [-0.15, -0.1) is 5.10 Å². The van der Waals surface area contributed by atoms with E-state index in [9.17, 15) is 9.18 Å². The Morgan fingerprint density at radius 2 is 2.00 bits per heavy atom. The number of ether oxygens (including phenoxy) is 1. The fourth-order valence-electron chi connectivity index (χ4n) is 2.10. The van der Waals surface area contributed by atoms with Crippen LogP contribution in [0.3, 0.4) is 0 Å². The number of halogens is 1. The van der Waals surface area contributed by atoms with Crippen LogP contribution in [0.1, 0.15) is 21.6 Å². The third-order valence-corrected chi connectivity index (χ3v) is 3.22. The van der Waals surface area contributed by atoms with E-state index in [4.69, 9.17) is 4.74 Å². The first kappa shape index (κ1) is 14.9. The quantitative estimate of drug-likeness (QED) is 0.657. The zero-order chi connectivity index (χ0) is 16.1. The topological polar surface area (TPSA) is 57.0 Å². The van der Waals surface area contributed by atoms with E-state index in [0.29, 0.717) is 23.6 Å². The van der Waals surface area contributed by atoms with Gasteiger partial charge in [0.25, 0.3) is 0 Å². The van der Waals surface area contributed by atoms with E-state index < -0.39 is 0 Å². The Kier molecular flexibility index (Phi) is 4.42. The first-order valence-electron chi connectivity index (χ1n) is 7.04. The second kappa shape index (κ2) is 6.83.